The quantitative estimate of drug-likeness (QED) is 0.132. The predicted molar refractivity (Wildman–Crippen MR) is 151 cm³/mol. The van der Waals surface area contributed by atoms with E-state index in [-0.39, 0.29) is 0 Å². The van der Waals surface area contributed by atoms with Gasteiger partial charge in [0.2, 0.25) is 0 Å². The van der Waals surface area contributed by atoms with E-state index in [4.69, 9.17) is 0 Å². The molecule has 0 radical (unpaired) electrons. The highest BCUT2D eigenvalue weighted by atomic mass is 14.1. The number of fused-ring (bicyclic) bond motifs is 7. The Hall–Kier alpha value is -3.38. The second-order valence-electron chi connectivity index (χ2n) is 9.92. The molecule has 0 nitrogen and oxygen atoms in total. The van der Waals surface area contributed by atoms with Gasteiger partial charge in [-0.05, 0) is 96.5 Å². The third kappa shape index (κ3) is 3.92. The van der Waals surface area contributed by atoms with Crippen LogP contribution in [0.2, 0.25) is 0 Å². The number of aryl methyl sites for hydroxylation is 1. The fraction of sp³-hybridized carbons (Fsp3) is 0.235. The maximum absolute atomic E-state index is 2.41. The topological polar surface area (TPSA) is 0 Å². The van der Waals surface area contributed by atoms with Crippen molar-refractivity contribution in [3.05, 3.63) is 96.6 Å². The van der Waals surface area contributed by atoms with Crippen LogP contribution in [0.1, 0.15) is 51.0 Å². The first-order valence-corrected chi connectivity index (χ1v) is 13.0. The Morgan fingerprint density at radius 3 is 1.68 bits per heavy atom. The Bertz CT molecular complexity index is 1640. The molecule has 6 rings (SSSR count). The molecule has 0 aromatic heterocycles. The van der Waals surface area contributed by atoms with Gasteiger partial charge in [0, 0.05) is 0 Å². The summed E-state index contributed by atoms with van der Waals surface area (Å²) in [5, 5.41) is 13.3. The van der Waals surface area contributed by atoms with Crippen LogP contribution in [0.25, 0.3) is 53.9 Å². The van der Waals surface area contributed by atoms with Crippen molar-refractivity contribution in [3.63, 3.8) is 0 Å². The molecule has 0 aliphatic heterocycles. The molecule has 0 aliphatic carbocycles. The number of hydrogen-bond acceptors (Lipinski definition) is 0. The van der Waals surface area contributed by atoms with E-state index >= 15 is 0 Å². The molecule has 0 amide bonds. The van der Waals surface area contributed by atoms with Gasteiger partial charge in [-0.2, -0.15) is 0 Å². The molecule has 0 fully saturated rings. The zero-order valence-corrected chi connectivity index (χ0v) is 20.1. The average Bonchev–Trinajstić information content (AvgIpc) is 2.88. The standard InChI is InChI=1S/C34H32/c1-2-3-4-5-6-7-10-24-13-14-27-23-34-29(21-30(27)19-24)16-18-31-32(34)17-15-28-20-25-11-8-9-12-26(25)22-33(28)31/h8-9,11-23H,2-7,10H2,1H3. The third-order valence-corrected chi connectivity index (χ3v) is 7.54. The number of benzene rings is 6. The molecule has 6 aromatic carbocycles. The summed E-state index contributed by atoms with van der Waals surface area (Å²) in [5.74, 6) is 0. The Balaban J connectivity index is 1.38. The lowest BCUT2D eigenvalue weighted by atomic mass is 9.93. The van der Waals surface area contributed by atoms with E-state index in [1.807, 2.05) is 0 Å². The van der Waals surface area contributed by atoms with Crippen molar-refractivity contribution < 1.29 is 0 Å². The van der Waals surface area contributed by atoms with Gasteiger partial charge in [-0.25, -0.2) is 0 Å². The zero-order valence-electron chi connectivity index (χ0n) is 20.1. The van der Waals surface area contributed by atoms with Crippen LogP contribution in [0.15, 0.2) is 91.0 Å². The molecule has 0 aliphatic rings. The Labute approximate surface area is 202 Å². The summed E-state index contributed by atoms with van der Waals surface area (Å²) in [5.41, 5.74) is 1.47. The summed E-state index contributed by atoms with van der Waals surface area (Å²) in [7, 11) is 0. The molecule has 6 aromatic rings. The fourth-order valence-corrected chi connectivity index (χ4v) is 5.63. The van der Waals surface area contributed by atoms with E-state index in [2.05, 4.69) is 97.9 Å². The van der Waals surface area contributed by atoms with Crippen molar-refractivity contribution in [2.75, 3.05) is 0 Å². The summed E-state index contributed by atoms with van der Waals surface area (Å²) >= 11 is 0. The first-order valence-electron chi connectivity index (χ1n) is 13.0. The molecule has 0 spiro atoms. The molecule has 0 heteroatoms. The first-order chi connectivity index (χ1) is 16.8. The van der Waals surface area contributed by atoms with Gasteiger partial charge < -0.3 is 0 Å². The van der Waals surface area contributed by atoms with Gasteiger partial charge in [0.1, 0.15) is 0 Å². The Morgan fingerprint density at radius 1 is 0.412 bits per heavy atom. The Morgan fingerprint density at radius 2 is 0.971 bits per heavy atom. The van der Waals surface area contributed by atoms with Crippen LogP contribution in [0.4, 0.5) is 0 Å². The van der Waals surface area contributed by atoms with Gasteiger partial charge >= 0.3 is 0 Å². The lowest BCUT2D eigenvalue weighted by Crippen LogP contribution is -1.88. The van der Waals surface area contributed by atoms with E-state index in [1.54, 1.807) is 0 Å². The largest absolute Gasteiger partial charge is 0.0654 e. The fourth-order valence-electron chi connectivity index (χ4n) is 5.63. The van der Waals surface area contributed by atoms with Gasteiger partial charge in [0.25, 0.3) is 0 Å². The number of rotatable bonds is 7. The van der Waals surface area contributed by atoms with Crippen molar-refractivity contribution >= 4 is 53.9 Å². The summed E-state index contributed by atoms with van der Waals surface area (Å²) in [6.45, 7) is 2.28. The molecule has 0 N–H and O–H groups in total. The second kappa shape index (κ2) is 9.11. The van der Waals surface area contributed by atoms with E-state index < -0.39 is 0 Å². The van der Waals surface area contributed by atoms with Gasteiger partial charge in [0.15, 0.2) is 0 Å². The van der Waals surface area contributed by atoms with Crippen LogP contribution >= 0.6 is 0 Å². The van der Waals surface area contributed by atoms with Crippen molar-refractivity contribution in [3.8, 4) is 0 Å². The van der Waals surface area contributed by atoms with Gasteiger partial charge in [-0.3, -0.25) is 0 Å². The molecule has 0 bridgehead atoms. The predicted octanol–water partition coefficient (Wildman–Crippen LogP) is 10.4. The van der Waals surface area contributed by atoms with E-state index in [1.165, 1.54) is 104 Å². The van der Waals surface area contributed by atoms with E-state index in [0.29, 0.717) is 0 Å². The van der Waals surface area contributed by atoms with E-state index in [0.717, 1.165) is 0 Å². The van der Waals surface area contributed by atoms with Crippen molar-refractivity contribution in [1.29, 1.82) is 0 Å². The first kappa shape index (κ1) is 21.2. The summed E-state index contributed by atoms with van der Waals surface area (Å²) in [6.07, 6.45) is 9.31. The third-order valence-electron chi connectivity index (χ3n) is 7.54. The van der Waals surface area contributed by atoms with Crippen LogP contribution in [0.3, 0.4) is 0 Å². The lowest BCUT2D eigenvalue weighted by Gasteiger charge is -2.11. The zero-order chi connectivity index (χ0) is 22.9. The molecule has 0 atom stereocenters. The van der Waals surface area contributed by atoms with Crippen LogP contribution in [0, 0.1) is 0 Å². The molecule has 168 valence electrons. The lowest BCUT2D eigenvalue weighted by molar-refractivity contribution is 0.607. The highest BCUT2D eigenvalue weighted by molar-refractivity contribution is 6.20. The van der Waals surface area contributed by atoms with Crippen molar-refractivity contribution in [2.45, 2.75) is 51.9 Å². The van der Waals surface area contributed by atoms with Crippen LogP contribution in [-0.2, 0) is 6.42 Å². The number of hydrogen-bond donors (Lipinski definition) is 0. The van der Waals surface area contributed by atoms with Crippen LogP contribution in [-0.4, -0.2) is 0 Å². The monoisotopic (exact) mass is 440 g/mol. The summed E-state index contributed by atoms with van der Waals surface area (Å²) < 4.78 is 0. The smallest absolute Gasteiger partial charge is 0.00987 e. The minimum absolute atomic E-state index is 1.19. The molecule has 0 saturated carbocycles. The minimum atomic E-state index is 1.19. The highest BCUT2D eigenvalue weighted by Gasteiger charge is 2.08. The molecule has 0 heterocycles. The summed E-state index contributed by atoms with van der Waals surface area (Å²) in [4.78, 5) is 0. The van der Waals surface area contributed by atoms with Gasteiger partial charge in [0.05, 0.1) is 0 Å². The molecular formula is C34H32. The highest BCUT2D eigenvalue weighted by Crippen LogP contribution is 2.35. The van der Waals surface area contributed by atoms with Crippen LogP contribution < -0.4 is 0 Å². The average molecular weight is 441 g/mol. The normalized spacial score (nSPS) is 11.9. The van der Waals surface area contributed by atoms with Crippen LogP contribution in [0.5, 0.6) is 0 Å². The van der Waals surface area contributed by atoms with Gasteiger partial charge in [-0.15, -0.1) is 0 Å². The van der Waals surface area contributed by atoms with Gasteiger partial charge in [-0.1, -0.05) is 106 Å². The van der Waals surface area contributed by atoms with E-state index in [9.17, 15) is 0 Å². The molecule has 0 saturated heterocycles. The second-order valence-corrected chi connectivity index (χ2v) is 9.92. The Kier molecular flexibility index (Phi) is 5.67. The SMILES string of the molecule is CCCCCCCCc1ccc2cc3c(ccc4c5cc6ccccc6cc5ccc34)cc2c1. The molecule has 34 heavy (non-hydrogen) atoms. The van der Waals surface area contributed by atoms with Crippen molar-refractivity contribution in [1.82, 2.24) is 0 Å². The summed E-state index contributed by atoms with van der Waals surface area (Å²) in [6, 6.07) is 34.4. The minimum Gasteiger partial charge on any atom is -0.0654 e. The maximum Gasteiger partial charge on any atom is -0.00987 e. The maximum atomic E-state index is 2.41. The molecule has 0 unspecified atom stereocenters. The number of unbranched alkanes of at least 4 members (excludes halogenated alkanes) is 5. The molecular weight excluding hydrogens is 408 g/mol. The van der Waals surface area contributed by atoms with Crippen molar-refractivity contribution in [2.24, 2.45) is 0 Å².